The topological polar surface area (TPSA) is 49.4 Å². The SMILES string of the molecule is O=C1CCC(CCC(=O)N2CC3CCCC2C3)(Cc2ccc(F)cc2)N1. The smallest absolute Gasteiger partial charge is 0.222 e. The molecule has 2 bridgehead atoms. The molecule has 140 valence electrons. The predicted molar refractivity (Wildman–Crippen MR) is 96.9 cm³/mol. The Labute approximate surface area is 154 Å². The second-order valence-corrected chi connectivity index (χ2v) is 8.36. The molecule has 0 aromatic heterocycles. The van der Waals surface area contributed by atoms with Crippen molar-refractivity contribution in [3.05, 3.63) is 35.6 Å². The van der Waals surface area contributed by atoms with E-state index in [0.29, 0.717) is 37.6 Å². The largest absolute Gasteiger partial charge is 0.350 e. The number of halogens is 1. The fourth-order valence-electron chi connectivity index (χ4n) is 5.11. The minimum atomic E-state index is -0.376. The lowest BCUT2D eigenvalue weighted by atomic mass is 9.85. The van der Waals surface area contributed by atoms with Crippen molar-refractivity contribution < 1.29 is 14.0 Å². The third kappa shape index (κ3) is 3.62. The summed E-state index contributed by atoms with van der Waals surface area (Å²) in [4.78, 5) is 26.8. The molecule has 4 rings (SSSR count). The Morgan fingerprint density at radius 1 is 1.27 bits per heavy atom. The Bertz CT molecular complexity index is 690. The summed E-state index contributed by atoms with van der Waals surface area (Å²) < 4.78 is 13.2. The third-order valence-corrected chi connectivity index (χ3v) is 6.48. The average molecular weight is 358 g/mol. The first-order valence-corrected chi connectivity index (χ1v) is 9.88. The molecule has 0 spiro atoms. The number of hydrogen-bond acceptors (Lipinski definition) is 2. The zero-order chi connectivity index (χ0) is 18.1. The number of carbonyl (C=O) groups is 2. The molecule has 3 aliphatic rings. The van der Waals surface area contributed by atoms with Crippen molar-refractivity contribution in [2.45, 2.75) is 69.4 Å². The second-order valence-electron chi connectivity index (χ2n) is 8.36. The molecular formula is C21H27FN2O2. The first-order chi connectivity index (χ1) is 12.5. The average Bonchev–Trinajstić information content (AvgIpc) is 3.14. The number of benzene rings is 1. The van der Waals surface area contributed by atoms with Crippen LogP contribution >= 0.6 is 0 Å². The Morgan fingerprint density at radius 2 is 2.08 bits per heavy atom. The first kappa shape index (κ1) is 17.5. The van der Waals surface area contributed by atoms with Gasteiger partial charge < -0.3 is 10.2 Å². The number of fused-ring (bicyclic) bond motifs is 2. The molecule has 2 amide bonds. The molecule has 1 saturated carbocycles. The molecule has 1 aromatic carbocycles. The number of hydrogen-bond donors (Lipinski definition) is 1. The molecule has 3 atom stereocenters. The van der Waals surface area contributed by atoms with E-state index in [0.717, 1.165) is 24.9 Å². The van der Waals surface area contributed by atoms with Crippen LogP contribution in [0.15, 0.2) is 24.3 Å². The zero-order valence-electron chi connectivity index (χ0n) is 15.2. The third-order valence-electron chi connectivity index (χ3n) is 6.48. The van der Waals surface area contributed by atoms with Crippen molar-refractivity contribution in [1.29, 1.82) is 0 Å². The van der Waals surface area contributed by atoms with Crippen LogP contribution in [-0.4, -0.2) is 34.8 Å². The molecular weight excluding hydrogens is 331 g/mol. The van der Waals surface area contributed by atoms with E-state index in [1.54, 1.807) is 12.1 Å². The Morgan fingerprint density at radius 3 is 2.77 bits per heavy atom. The maximum absolute atomic E-state index is 13.2. The number of rotatable bonds is 5. The van der Waals surface area contributed by atoms with Gasteiger partial charge in [-0.2, -0.15) is 0 Å². The monoisotopic (exact) mass is 358 g/mol. The van der Waals surface area contributed by atoms with Gasteiger partial charge in [-0.15, -0.1) is 0 Å². The van der Waals surface area contributed by atoms with E-state index < -0.39 is 0 Å². The number of amides is 2. The Hall–Kier alpha value is -1.91. The summed E-state index contributed by atoms with van der Waals surface area (Å²) in [6.07, 6.45) is 7.83. The van der Waals surface area contributed by atoms with Gasteiger partial charge in [-0.3, -0.25) is 9.59 Å². The number of nitrogens with zero attached hydrogens (tertiary/aromatic N) is 1. The Kier molecular flexibility index (Phi) is 4.72. The summed E-state index contributed by atoms with van der Waals surface area (Å²) in [7, 11) is 0. The van der Waals surface area contributed by atoms with Crippen LogP contribution in [0.1, 0.15) is 56.9 Å². The van der Waals surface area contributed by atoms with E-state index in [1.807, 2.05) is 0 Å². The van der Waals surface area contributed by atoms with Crippen molar-refractivity contribution in [2.75, 3.05) is 6.54 Å². The molecule has 26 heavy (non-hydrogen) atoms. The van der Waals surface area contributed by atoms with Crippen LogP contribution in [0.2, 0.25) is 0 Å². The van der Waals surface area contributed by atoms with Crippen molar-refractivity contribution in [3.63, 3.8) is 0 Å². The van der Waals surface area contributed by atoms with Crippen LogP contribution in [0.3, 0.4) is 0 Å². The summed E-state index contributed by atoms with van der Waals surface area (Å²) in [5, 5.41) is 3.12. The van der Waals surface area contributed by atoms with E-state index in [4.69, 9.17) is 0 Å². The second kappa shape index (κ2) is 7.01. The molecule has 0 radical (unpaired) electrons. The van der Waals surface area contributed by atoms with Crippen LogP contribution in [0.5, 0.6) is 0 Å². The summed E-state index contributed by atoms with van der Waals surface area (Å²) >= 11 is 0. The lowest BCUT2D eigenvalue weighted by Crippen LogP contribution is -2.45. The first-order valence-electron chi connectivity index (χ1n) is 9.88. The van der Waals surface area contributed by atoms with E-state index in [-0.39, 0.29) is 23.2 Å². The van der Waals surface area contributed by atoms with Crippen LogP contribution in [0.25, 0.3) is 0 Å². The van der Waals surface area contributed by atoms with E-state index >= 15 is 0 Å². The molecule has 5 heteroatoms. The normalized spacial score (nSPS) is 30.5. The molecule has 1 N–H and O–H groups in total. The van der Waals surface area contributed by atoms with Crippen LogP contribution < -0.4 is 5.32 Å². The minimum Gasteiger partial charge on any atom is -0.350 e. The summed E-state index contributed by atoms with van der Waals surface area (Å²) in [6, 6.07) is 6.89. The van der Waals surface area contributed by atoms with E-state index in [9.17, 15) is 14.0 Å². The zero-order valence-corrected chi connectivity index (χ0v) is 15.2. The van der Waals surface area contributed by atoms with Crippen LogP contribution in [0.4, 0.5) is 4.39 Å². The van der Waals surface area contributed by atoms with Gasteiger partial charge in [0.1, 0.15) is 5.82 Å². The molecule has 4 nitrogen and oxygen atoms in total. The van der Waals surface area contributed by atoms with Crippen LogP contribution in [-0.2, 0) is 16.0 Å². The van der Waals surface area contributed by atoms with Gasteiger partial charge in [0, 0.05) is 31.0 Å². The number of nitrogens with one attached hydrogen (secondary N) is 1. The maximum Gasteiger partial charge on any atom is 0.222 e. The van der Waals surface area contributed by atoms with Gasteiger partial charge >= 0.3 is 0 Å². The minimum absolute atomic E-state index is 0.0524. The highest BCUT2D eigenvalue weighted by atomic mass is 19.1. The van der Waals surface area contributed by atoms with Gasteiger partial charge in [0.25, 0.3) is 0 Å². The molecule has 3 unspecified atom stereocenters. The van der Waals surface area contributed by atoms with Gasteiger partial charge in [0.05, 0.1) is 0 Å². The highest BCUT2D eigenvalue weighted by Gasteiger charge is 2.41. The fourth-order valence-corrected chi connectivity index (χ4v) is 5.11. The number of carbonyl (C=O) groups excluding carboxylic acids is 2. The molecule has 2 saturated heterocycles. The lowest BCUT2D eigenvalue weighted by Gasteiger charge is -2.31. The highest BCUT2D eigenvalue weighted by molar-refractivity contribution is 5.80. The van der Waals surface area contributed by atoms with Crippen LogP contribution in [0, 0.1) is 11.7 Å². The fraction of sp³-hybridized carbons (Fsp3) is 0.619. The summed E-state index contributed by atoms with van der Waals surface area (Å²) in [5.74, 6) is 0.723. The van der Waals surface area contributed by atoms with Gasteiger partial charge in [-0.1, -0.05) is 18.6 Å². The summed E-state index contributed by atoms with van der Waals surface area (Å²) in [6.45, 7) is 0.917. The predicted octanol–water partition coefficient (Wildman–Crippen LogP) is 3.20. The molecule has 2 heterocycles. The standard InChI is InChI=1S/C21H27FN2O2/c22-17-6-4-15(5-7-17)13-21(10-8-19(25)23-21)11-9-20(26)24-14-16-2-1-3-18(24)12-16/h4-7,16,18H,1-3,8-14H2,(H,23,25). The highest BCUT2D eigenvalue weighted by Crippen LogP contribution is 2.36. The Balaban J connectivity index is 1.41. The van der Waals surface area contributed by atoms with E-state index in [2.05, 4.69) is 10.2 Å². The number of likely N-dealkylation sites (tertiary alicyclic amines) is 1. The van der Waals surface area contributed by atoms with Crippen molar-refractivity contribution in [3.8, 4) is 0 Å². The molecule has 2 aliphatic heterocycles. The lowest BCUT2D eigenvalue weighted by molar-refractivity contribution is -0.132. The quantitative estimate of drug-likeness (QED) is 0.879. The van der Waals surface area contributed by atoms with Gasteiger partial charge in [0.2, 0.25) is 11.8 Å². The summed E-state index contributed by atoms with van der Waals surface area (Å²) in [5.41, 5.74) is 0.623. The van der Waals surface area contributed by atoms with Gasteiger partial charge in [0.15, 0.2) is 0 Å². The molecule has 3 fully saturated rings. The molecule has 1 aliphatic carbocycles. The maximum atomic E-state index is 13.2. The van der Waals surface area contributed by atoms with E-state index in [1.165, 1.54) is 31.4 Å². The van der Waals surface area contributed by atoms with Crippen molar-refractivity contribution in [2.24, 2.45) is 5.92 Å². The molecule has 1 aromatic rings. The van der Waals surface area contributed by atoms with Crippen molar-refractivity contribution in [1.82, 2.24) is 10.2 Å². The van der Waals surface area contributed by atoms with Gasteiger partial charge in [-0.25, -0.2) is 4.39 Å². The van der Waals surface area contributed by atoms with Gasteiger partial charge in [-0.05, 0) is 62.1 Å². The van der Waals surface area contributed by atoms with Crippen molar-refractivity contribution >= 4 is 11.8 Å².